The van der Waals surface area contributed by atoms with E-state index < -0.39 is 10.0 Å². The summed E-state index contributed by atoms with van der Waals surface area (Å²) in [5.74, 6) is 0. The lowest BCUT2D eigenvalue weighted by atomic mass is 10.1. The van der Waals surface area contributed by atoms with Crippen molar-refractivity contribution in [3.8, 4) is 0 Å². The average molecular weight is 381 g/mol. The number of rotatable bonds is 5. The van der Waals surface area contributed by atoms with E-state index in [1.54, 1.807) is 35.2 Å². The summed E-state index contributed by atoms with van der Waals surface area (Å²) < 4.78 is 28.5. The first-order chi connectivity index (χ1) is 13.0. The molecule has 0 aliphatic carbocycles. The van der Waals surface area contributed by atoms with Gasteiger partial charge in [0.05, 0.1) is 10.6 Å². The zero-order chi connectivity index (χ0) is 18.9. The molecule has 138 valence electrons. The minimum atomic E-state index is -3.74. The van der Waals surface area contributed by atoms with Crippen LogP contribution in [0.25, 0.3) is 10.8 Å². The van der Waals surface area contributed by atoms with Crippen LogP contribution in [0, 0.1) is 0 Å². The zero-order valence-corrected chi connectivity index (χ0v) is 15.4. The van der Waals surface area contributed by atoms with Gasteiger partial charge in [0.15, 0.2) is 0 Å². The first-order valence-corrected chi connectivity index (χ1v) is 10.1. The topological polar surface area (TPSA) is 78.5 Å². The van der Waals surface area contributed by atoms with E-state index in [2.05, 4.69) is 10.0 Å². The fraction of sp³-hybridized carbons (Fsp3) is 0.150. The van der Waals surface area contributed by atoms with Crippen molar-refractivity contribution < 1.29 is 13.2 Å². The normalized spacial score (nSPS) is 14.4. The number of urea groups is 1. The smallest absolute Gasteiger partial charge is 0.317 e. The number of fused-ring (bicyclic) bond motifs is 1. The SMILES string of the molecule is O=C1NCCN1Cc1ccccc1NS(=O)(=O)c1ccc2ccccc2c1. The lowest BCUT2D eigenvalue weighted by Crippen LogP contribution is -2.28. The highest BCUT2D eigenvalue weighted by Gasteiger charge is 2.22. The molecule has 1 aliphatic rings. The molecule has 1 aliphatic heterocycles. The van der Waals surface area contributed by atoms with Gasteiger partial charge in [-0.05, 0) is 34.5 Å². The Bertz CT molecular complexity index is 1110. The molecule has 2 N–H and O–H groups in total. The van der Waals surface area contributed by atoms with Crippen molar-refractivity contribution in [2.45, 2.75) is 11.4 Å². The van der Waals surface area contributed by atoms with Gasteiger partial charge in [0.2, 0.25) is 0 Å². The predicted octanol–water partition coefficient (Wildman–Crippen LogP) is 3.17. The fourth-order valence-corrected chi connectivity index (χ4v) is 4.30. The van der Waals surface area contributed by atoms with Gasteiger partial charge in [-0.15, -0.1) is 0 Å². The molecule has 2 amide bonds. The van der Waals surface area contributed by atoms with Crippen LogP contribution in [-0.4, -0.2) is 32.4 Å². The van der Waals surface area contributed by atoms with Crippen LogP contribution in [-0.2, 0) is 16.6 Å². The van der Waals surface area contributed by atoms with Crippen molar-refractivity contribution in [1.82, 2.24) is 10.2 Å². The Morgan fingerprint density at radius 1 is 0.963 bits per heavy atom. The molecule has 0 radical (unpaired) electrons. The third kappa shape index (κ3) is 3.59. The molecule has 3 aromatic carbocycles. The molecule has 0 atom stereocenters. The third-order valence-corrected chi connectivity index (χ3v) is 5.96. The monoisotopic (exact) mass is 381 g/mol. The summed E-state index contributed by atoms with van der Waals surface area (Å²) in [5, 5.41) is 4.60. The molecular formula is C20H19N3O3S. The van der Waals surface area contributed by atoms with Gasteiger partial charge in [0.25, 0.3) is 10.0 Å². The van der Waals surface area contributed by atoms with Crippen molar-refractivity contribution in [2.24, 2.45) is 0 Å². The second-order valence-corrected chi connectivity index (χ2v) is 8.11. The van der Waals surface area contributed by atoms with E-state index in [1.807, 2.05) is 36.4 Å². The van der Waals surface area contributed by atoms with Crippen LogP contribution in [0.2, 0.25) is 0 Å². The number of hydrogen-bond donors (Lipinski definition) is 2. The van der Waals surface area contributed by atoms with Gasteiger partial charge < -0.3 is 10.2 Å². The van der Waals surface area contributed by atoms with Gasteiger partial charge in [-0.3, -0.25) is 4.72 Å². The molecule has 1 fully saturated rings. The maximum atomic E-state index is 12.9. The van der Waals surface area contributed by atoms with Crippen LogP contribution < -0.4 is 10.0 Å². The Hall–Kier alpha value is -3.06. The Kier molecular flexibility index (Phi) is 4.45. The number of anilines is 1. The van der Waals surface area contributed by atoms with Crippen molar-refractivity contribution in [2.75, 3.05) is 17.8 Å². The predicted molar refractivity (Wildman–Crippen MR) is 105 cm³/mol. The van der Waals surface area contributed by atoms with Gasteiger partial charge in [-0.2, -0.15) is 0 Å². The molecule has 27 heavy (non-hydrogen) atoms. The van der Waals surface area contributed by atoms with E-state index >= 15 is 0 Å². The molecule has 0 spiro atoms. The van der Waals surface area contributed by atoms with Crippen LogP contribution in [0.15, 0.2) is 71.6 Å². The summed E-state index contributed by atoms with van der Waals surface area (Å²) in [4.78, 5) is 13.7. The van der Waals surface area contributed by atoms with Gasteiger partial charge in [-0.25, -0.2) is 13.2 Å². The summed E-state index contributed by atoms with van der Waals surface area (Å²) in [6.45, 7) is 1.55. The minimum absolute atomic E-state index is 0.137. The summed E-state index contributed by atoms with van der Waals surface area (Å²) in [7, 11) is -3.74. The largest absolute Gasteiger partial charge is 0.336 e. The number of carbonyl (C=O) groups is 1. The summed E-state index contributed by atoms with van der Waals surface area (Å²) in [5.41, 5.74) is 1.23. The summed E-state index contributed by atoms with van der Waals surface area (Å²) >= 11 is 0. The first kappa shape index (κ1) is 17.4. The Balaban J connectivity index is 1.63. The van der Waals surface area contributed by atoms with Crippen LogP contribution in [0.5, 0.6) is 0 Å². The molecule has 4 rings (SSSR count). The minimum Gasteiger partial charge on any atom is -0.336 e. The molecule has 6 nitrogen and oxygen atoms in total. The van der Waals surface area contributed by atoms with E-state index in [0.717, 1.165) is 16.3 Å². The summed E-state index contributed by atoms with van der Waals surface area (Å²) in [6, 6.07) is 19.7. The van der Waals surface area contributed by atoms with Gasteiger partial charge in [-0.1, -0.05) is 48.5 Å². The van der Waals surface area contributed by atoms with Crippen molar-refractivity contribution in [3.05, 3.63) is 72.3 Å². The maximum Gasteiger partial charge on any atom is 0.317 e. The molecule has 0 bridgehead atoms. The molecule has 1 heterocycles. The number of nitrogens with zero attached hydrogens (tertiary/aromatic N) is 1. The molecule has 1 saturated heterocycles. The highest BCUT2D eigenvalue weighted by Crippen LogP contribution is 2.24. The number of benzene rings is 3. The fourth-order valence-electron chi connectivity index (χ4n) is 3.16. The third-order valence-electron chi connectivity index (χ3n) is 4.60. The van der Waals surface area contributed by atoms with E-state index in [9.17, 15) is 13.2 Å². The number of nitrogens with one attached hydrogen (secondary N) is 2. The lowest BCUT2D eigenvalue weighted by molar-refractivity contribution is 0.215. The van der Waals surface area contributed by atoms with Crippen molar-refractivity contribution in [1.29, 1.82) is 0 Å². The number of hydrogen-bond acceptors (Lipinski definition) is 3. The van der Waals surface area contributed by atoms with Crippen LogP contribution in [0.4, 0.5) is 10.5 Å². The number of carbonyl (C=O) groups excluding carboxylic acids is 1. The summed E-state index contributed by atoms with van der Waals surface area (Å²) in [6.07, 6.45) is 0. The van der Waals surface area contributed by atoms with Crippen molar-refractivity contribution >= 4 is 32.5 Å². The van der Waals surface area contributed by atoms with Gasteiger partial charge >= 0.3 is 6.03 Å². The Labute approximate surface area is 157 Å². The van der Waals surface area contributed by atoms with E-state index in [1.165, 1.54) is 0 Å². The highest BCUT2D eigenvalue weighted by atomic mass is 32.2. The molecule has 3 aromatic rings. The number of para-hydroxylation sites is 1. The molecule has 0 saturated carbocycles. The molecule has 0 unspecified atom stereocenters. The highest BCUT2D eigenvalue weighted by molar-refractivity contribution is 7.92. The molecule has 7 heteroatoms. The second kappa shape index (κ2) is 6.92. The van der Waals surface area contributed by atoms with E-state index in [-0.39, 0.29) is 10.9 Å². The van der Waals surface area contributed by atoms with Crippen LogP contribution in [0.1, 0.15) is 5.56 Å². The van der Waals surface area contributed by atoms with Gasteiger partial charge in [0.1, 0.15) is 0 Å². The first-order valence-electron chi connectivity index (χ1n) is 8.65. The van der Waals surface area contributed by atoms with Crippen LogP contribution >= 0.6 is 0 Å². The van der Waals surface area contributed by atoms with E-state index in [0.29, 0.717) is 25.3 Å². The lowest BCUT2D eigenvalue weighted by Gasteiger charge is -2.18. The maximum absolute atomic E-state index is 12.9. The Morgan fingerprint density at radius 2 is 1.70 bits per heavy atom. The Morgan fingerprint density at radius 3 is 2.48 bits per heavy atom. The number of amides is 2. The molecule has 0 aromatic heterocycles. The number of sulfonamides is 1. The average Bonchev–Trinajstić information content (AvgIpc) is 3.07. The van der Waals surface area contributed by atoms with Gasteiger partial charge in [0, 0.05) is 19.6 Å². The second-order valence-electron chi connectivity index (χ2n) is 6.43. The van der Waals surface area contributed by atoms with Crippen LogP contribution in [0.3, 0.4) is 0 Å². The van der Waals surface area contributed by atoms with E-state index in [4.69, 9.17) is 0 Å². The zero-order valence-electron chi connectivity index (χ0n) is 14.6. The molecular weight excluding hydrogens is 362 g/mol. The quantitative estimate of drug-likeness (QED) is 0.713. The standard InChI is InChI=1S/C20H19N3O3S/c24-20-21-11-12-23(20)14-17-7-3-4-8-19(17)22-27(25,26)18-10-9-15-5-1-2-6-16(15)13-18/h1-10,13,22H,11-12,14H2,(H,21,24). The van der Waals surface area contributed by atoms with Crippen molar-refractivity contribution in [3.63, 3.8) is 0 Å².